The largest absolute Gasteiger partial charge is 0.478 e. The van der Waals surface area contributed by atoms with E-state index in [1.54, 1.807) is 18.2 Å². The minimum absolute atomic E-state index is 0.197. The van der Waals surface area contributed by atoms with Gasteiger partial charge in [0.2, 0.25) is 0 Å². The third kappa shape index (κ3) is 2.39. The van der Waals surface area contributed by atoms with Crippen molar-refractivity contribution in [2.24, 2.45) is 0 Å². The van der Waals surface area contributed by atoms with Crippen LogP contribution >= 0.6 is 0 Å². The first-order valence-corrected chi connectivity index (χ1v) is 5.00. The van der Waals surface area contributed by atoms with Crippen molar-refractivity contribution in [1.29, 1.82) is 0 Å². The molecule has 0 aliphatic rings. The zero-order valence-corrected chi connectivity index (χ0v) is 8.91. The van der Waals surface area contributed by atoms with Crippen LogP contribution < -0.4 is 5.56 Å². The molecule has 0 unspecified atom stereocenters. The van der Waals surface area contributed by atoms with Gasteiger partial charge in [0.1, 0.15) is 0 Å². The van der Waals surface area contributed by atoms with Gasteiger partial charge >= 0.3 is 5.97 Å². The molecule has 1 aromatic heterocycles. The van der Waals surface area contributed by atoms with E-state index in [4.69, 9.17) is 5.11 Å². The first-order valence-electron chi connectivity index (χ1n) is 5.00. The highest BCUT2D eigenvalue weighted by molar-refractivity contribution is 5.89. The summed E-state index contributed by atoms with van der Waals surface area (Å²) in [6.07, 6.45) is 2.79. The number of nitrogens with zero attached hydrogens (tertiary/aromatic N) is 2. The van der Waals surface area contributed by atoms with Crippen LogP contribution in [0.5, 0.6) is 0 Å². The Morgan fingerprint density at radius 3 is 2.76 bits per heavy atom. The zero-order valence-electron chi connectivity index (χ0n) is 8.91. The third-order valence-corrected chi connectivity index (χ3v) is 2.38. The minimum Gasteiger partial charge on any atom is -0.478 e. The maximum Gasteiger partial charge on any atom is 0.336 e. The molecule has 2 rings (SSSR count). The Balaban J connectivity index is 2.40. The van der Waals surface area contributed by atoms with E-state index in [1.807, 2.05) is 0 Å². The van der Waals surface area contributed by atoms with Crippen LogP contribution in [0.1, 0.15) is 15.9 Å². The molecule has 0 fully saturated rings. The molecule has 5 heteroatoms. The van der Waals surface area contributed by atoms with E-state index < -0.39 is 5.97 Å². The second-order valence-electron chi connectivity index (χ2n) is 3.51. The average Bonchev–Trinajstić information content (AvgIpc) is 2.32. The van der Waals surface area contributed by atoms with Gasteiger partial charge in [-0.15, -0.1) is 0 Å². The van der Waals surface area contributed by atoms with Gasteiger partial charge in [-0.25, -0.2) is 9.78 Å². The summed E-state index contributed by atoms with van der Waals surface area (Å²) in [6, 6.07) is 7.92. The highest BCUT2D eigenvalue weighted by atomic mass is 16.4. The lowest BCUT2D eigenvalue weighted by molar-refractivity contribution is 0.0695. The van der Waals surface area contributed by atoms with Gasteiger partial charge in [-0.05, 0) is 11.6 Å². The zero-order chi connectivity index (χ0) is 12.3. The minimum atomic E-state index is -1.00. The number of carboxylic acids is 1. The van der Waals surface area contributed by atoms with Crippen LogP contribution in [0.3, 0.4) is 0 Å². The van der Waals surface area contributed by atoms with Crippen LogP contribution in [-0.4, -0.2) is 20.6 Å². The van der Waals surface area contributed by atoms with Crippen molar-refractivity contribution in [3.8, 4) is 0 Å². The topological polar surface area (TPSA) is 72.2 Å². The van der Waals surface area contributed by atoms with Crippen molar-refractivity contribution >= 4 is 5.97 Å². The van der Waals surface area contributed by atoms with Crippen molar-refractivity contribution < 1.29 is 9.90 Å². The van der Waals surface area contributed by atoms with E-state index >= 15 is 0 Å². The molecule has 0 saturated carbocycles. The summed E-state index contributed by atoms with van der Waals surface area (Å²) in [5.41, 5.74) is 0.568. The number of carboxylic acid groups (broad SMARTS) is 1. The molecule has 0 saturated heterocycles. The maximum absolute atomic E-state index is 11.5. The van der Waals surface area contributed by atoms with E-state index in [-0.39, 0.29) is 17.7 Å². The molecule has 0 amide bonds. The lowest BCUT2D eigenvalue weighted by atomic mass is 10.1. The highest BCUT2D eigenvalue weighted by Gasteiger charge is 2.09. The molecule has 0 bridgehead atoms. The SMILES string of the molecule is O=C(O)c1ccccc1Cn1cnccc1=O. The standard InChI is InChI=1S/C12H10N2O3/c15-11-5-6-13-8-14(11)7-9-3-1-2-4-10(9)12(16)17/h1-6,8H,7H2,(H,16,17). The Morgan fingerprint density at radius 2 is 2.06 bits per heavy atom. The van der Waals surface area contributed by atoms with Crippen molar-refractivity contribution in [2.45, 2.75) is 6.54 Å². The Morgan fingerprint density at radius 1 is 1.29 bits per heavy atom. The van der Waals surface area contributed by atoms with Crippen molar-refractivity contribution in [2.75, 3.05) is 0 Å². The summed E-state index contributed by atoms with van der Waals surface area (Å²) < 4.78 is 1.36. The van der Waals surface area contributed by atoms with Gasteiger partial charge in [0, 0.05) is 12.3 Å². The van der Waals surface area contributed by atoms with E-state index in [9.17, 15) is 9.59 Å². The smallest absolute Gasteiger partial charge is 0.336 e. The van der Waals surface area contributed by atoms with Crippen LogP contribution in [0.15, 0.2) is 47.7 Å². The number of rotatable bonds is 3. The second kappa shape index (κ2) is 4.61. The summed E-state index contributed by atoms with van der Waals surface area (Å²) in [5.74, 6) is -1.00. The first-order chi connectivity index (χ1) is 8.18. The molecule has 0 radical (unpaired) electrons. The Bertz CT molecular complexity index is 604. The van der Waals surface area contributed by atoms with Gasteiger partial charge in [0.15, 0.2) is 0 Å². The molecule has 1 N–H and O–H groups in total. The number of hydrogen-bond acceptors (Lipinski definition) is 3. The normalized spacial score (nSPS) is 10.1. The van der Waals surface area contributed by atoms with Crippen LogP contribution in [0.4, 0.5) is 0 Å². The summed E-state index contributed by atoms with van der Waals surface area (Å²) >= 11 is 0. The lowest BCUT2D eigenvalue weighted by Gasteiger charge is -2.07. The van der Waals surface area contributed by atoms with Crippen LogP contribution in [-0.2, 0) is 6.54 Å². The molecular formula is C12H10N2O3. The van der Waals surface area contributed by atoms with E-state index in [0.717, 1.165) is 0 Å². The predicted octanol–water partition coefficient (Wildman–Crippen LogP) is 0.990. The number of hydrogen-bond donors (Lipinski definition) is 1. The maximum atomic E-state index is 11.5. The summed E-state index contributed by atoms with van der Waals surface area (Å²) in [7, 11) is 0. The first kappa shape index (κ1) is 11.1. The number of aromatic nitrogens is 2. The molecule has 1 heterocycles. The quantitative estimate of drug-likeness (QED) is 0.853. The van der Waals surface area contributed by atoms with Gasteiger partial charge in [0.25, 0.3) is 5.56 Å². The monoisotopic (exact) mass is 230 g/mol. The molecule has 86 valence electrons. The Hall–Kier alpha value is -2.43. The summed E-state index contributed by atoms with van der Waals surface area (Å²) in [6.45, 7) is 0.204. The summed E-state index contributed by atoms with van der Waals surface area (Å²) in [5, 5.41) is 9.01. The highest BCUT2D eigenvalue weighted by Crippen LogP contribution is 2.09. The molecule has 0 aliphatic heterocycles. The molecule has 2 aromatic rings. The van der Waals surface area contributed by atoms with Gasteiger partial charge in [-0.1, -0.05) is 18.2 Å². The lowest BCUT2D eigenvalue weighted by Crippen LogP contribution is -2.20. The van der Waals surface area contributed by atoms with E-state index in [0.29, 0.717) is 5.56 Å². The number of carbonyl (C=O) groups is 1. The third-order valence-electron chi connectivity index (χ3n) is 2.38. The van der Waals surface area contributed by atoms with Crippen LogP contribution in [0, 0.1) is 0 Å². The molecule has 5 nitrogen and oxygen atoms in total. The molecule has 0 atom stereocenters. The molecule has 1 aromatic carbocycles. The van der Waals surface area contributed by atoms with Gasteiger partial charge in [-0.2, -0.15) is 0 Å². The van der Waals surface area contributed by atoms with Crippen molar-refractivity contribution in [3.63, 3.8) is 0 Å². The number of benzene rings is 1. The average molecular weight is 230 g/mol. The van der Waals surface area contributed by atoms with Crippen LogP contribution in [0.2, 0.25) is 0 Å². The molecule has 0 aliphatic carbocycles. The van der Waals surface area contributed by atoms with Crippen molar-refractivity contribution in [1.82, 2.24) is 9.55 Å². The van der Waals surface area contributed by atoms with E-state index in [1.165, 1.54) is 29.2 Å². The predicted molar refractivity (Wildman–Crippen MR) is 61.0 cm³/mol. The van der Waals surface area contributed by atoms with Crippen molar-refractivity contribution in [3.05, 3.63) is 64.3 Å². The molecule has 17 heavy (non-hydrogen) atoms. The van der Waals surface area contributed by atoms with E-state index in [2.05, 4.69) is 4.98 Å². The van der Waals surface area contributed by atoms with Gasteiger partial charge < -0.3 is 5.11 Å². The fourth-order valence-corrected chi connectivity index (χ4v) is 1.55. The Labute approximate surface area is 97.0 Å². The number of aromatic carboxylic acids is 1. The summed E-state index contributed by atoms with van der Waals surface area (Å²) in [4.78, 5) is 26.3. The fourth-order valence-electron chi connectivity index (χ4n) is 1.55. The fraction of sp³-hybridized carbons (Fsp3) is 0.0833. The Kier molecular flexibility index (Phi) is 3.00. The molecule has 0 spiro atoms. The van der Waals surface area contributed by atoms with Gasteiger partial charge in [-0.3, -0.25) is 9.36 Å². The van der Waals surface area contributed by atoms with Gasteiger partial charge in [0.05, 0.1) is 18.4 Å². The van der Waals surface area contributed by atoms with Crippen LogP contribution in [0.25, 0.3) is 0 Å². The molecular weight excluding hydrogens is 220 g/mol. The second-order valence-corrected chi connectivity index (χ2v) is 3.51.